The molecule has 0 amide bonds. The summed E-state index contributed by atoms with van der Waals surface area (Å²) in [7, 11) is 1.66. The summed E-state index contributed by atoms with van der Waals surface area (Å²) < 4.78 is 3.36. The van der Waals surface area contributed by atoms with Crippen LogP contribution in [0.5, 0.6) is 0 Å². The molecule has 1 heterocycles. The van der Waals surface area contributed by atoms with E-state index in [-0.39, 0.29) is 5.69 Å². The Bertz CT molecular complexity index is 558. The molecule has 0 bridgehead atoms. The van der Waals surface area contributed by atoms with E-state index in [4.69, 9.17) is 11.6 Å². The lowest BCUT2D eigenvalue weighted by atomic mass is 10.2. The van der Waals surface area contributed by atoms with Crippen molar-refractivity contribution in [2.75, 3.05) is 0 Å². The smallest absolute Gasteiger partial charge is 0.273 e. The maximum absolute atomic E-state index is 11.7. The molecule has 2 rings (SSSR count). The molecule has 0 saturated carbocycles. The van der Waals surface area contributed by atoms with Gasteiger partial charge in [-0.1, -0.05) is 23.7 Å². The monoisotopic (exact) mass is 301 g/mol. The van der Waals surface area contributed by atoms with Gasteiger partial charge in [0.1, 0.15) is 0 Å². The lowest BCUT2D eigenvalue weighted by Crippen LogP contribution is -2.23. The van der Waals surface area contributed by atoms with Gasteiger partial charge in [-0.15, -0.1) is 5.10 Å². The Morgan fingerprint density at radius 3 is 2.50 bits per heavy atom. The fraction of sp³-hybridized carbons (Fsp3) is 0.200. The molecular formula is C10H9BrClN3O. The second kappa shape index (κ2) is 4.43. The molecule has 0 atom stereocenters. The van der Waals surface area contributed by atoms with Crippen LogP contribution in [0, 0.1) is 0 Å². The normalized spacial score (nSPS) is 10.7. The second-order valence-electron chi connectivity index (χ2n) is 3.39. The molecule has 2 aromatic rings. The first kappa shape index (κ1) is 11.4. The molecule has 0 fully saturated rings. The Morgan fingerprint density at radius 2 is 2.00 bits per heavy atom. The van der Waals surface area contributed by atoms with Crippen molar-refractivity contribution in [1.82, 2.24) is 14.3 Å². The third-order valence-corrected chi connectivity index (χ3v) is 3.18. The number of rotatable bonds is 2. The number of aromatic nitrogens is 3. The van der Waals surface area contributed by atoms with E-state index in [1.54, 1.807) is 19.2 Å². The van der Waals surface area contributed by atoms with E-state index in [0.29, 0.717) is 16.3 Å². The zero-order valence-corrected chi connectivity index (χ0v) is 10.9. The van der Waals surface area contributed by atoms with Crippen molar-refractivity contribution in [1.29, 1.82) is 0 Å². The first-order valence-electron chi connectivity index (χ1n) is 4.61. The van der Waals surface area contributed by atoms with Crippen LogP contribution in [-0.2, 0) is 13.6 Å². The van der Waals surface area contributed by atoms with Crippen LogP contribution in [0.25, 0.3) is 0 Å². The second-order valence-corrected chi connectivity index (χ2v) is 4.54. The lowest BCUT2D eigenvalue weighted by molar-refractivity contribution is 0.646. The van der Waals surface area contributed by atoms with Gasteiger partial charge < -0.3 is 0 Å². The average Bonchev–Trinajstić information content (AvgIpc) is 2.50. The minimum atomic E-state index is -0.151. The summed E-state index contributed by atoms with van der Waals surface area (Å²) in [5.74, 6) is 0. The van der Waals surface area contributed by atoms with Gasteiger partial charge in [-0.05, 0) is 33.6 Å². The third kappa shape index (κ3) is 2.20. The van der Waals surface area contributed by atoms with Crippen LogP contribution < -0.4 is 5.69 Å². The van der Waals surface area contributed by atoms with Crippen LogP contribution >= 0.6 is 27.5 Å². The average molecular weight is 303 g/mol. The van der Waals surface area contributed by atoms with Gasteiger partial charge in [-0.3, -0.25) is 4.57 Å². The first-order chi connectivity index (χ1) is 7.58. The summed E-state index contributed by atoms with van der Waals surface area (Å²) in [6, 6.07) is 7.33. The standard InChI is InChI=1S/C10H9BrClN3O/c1-14-9(11)13-15(10(14)16)6-7-2-4-8(12)5-3-7/h2-5H,6H2,1H3. The first-order valence-corrected chi connectivity index (χ1v) is 5.79. The Balaban J connectivity index is 2.30. The maximum Gasteiger partial charge on any atom is 0.346 e. The van der Waals surface area contributed by atoms with E-state index in [1.807, 2.05) is 12.1 Å². The van der Waals surface area contributed by atoms with Gasteiger partial charge in [0.15, 0.2) is 0 Å². The topological polar surface area (TPSA) is 39.8 Å². The molecule has 0 spiro atoms. The Morgan fingerprint density at radius 1 is 1.38 bits per heavy atom. The number of benzene rings is 1. The molecule has 0 saturated heterocycles. The molecule has 0 aliphatic heterocycles. The molecule has 4 nitrogen and oxygen atoms in total. The molecule has 0 radical (unpaired) electrons. The molecule has 0 N–H and O–H groups in total. The molecule has 0 aliphatic rings. The molecule has 16 heavy (non-hydrogen) atoms. The van der Waals surface area contributed by atoms with Crippen molar-refractivity contribution < 1.29 is 0 Å². The van der Waals surface area contributed by atoms with E-state index in [0.717, 1.165) is 5.56 Å². The number of nitrogens with zero attached hydrogens (tertiary/aromatic N) is 3. The zero-order valence-electron chi connectivity index (χ0n) is 8.52. The highest BCUT2D eigenvalue weighted by atomic mass is 79.9. The fourth-order valence-corrected chi connectivity index (χ4v) is 1.80. The van der Waals surface area contributed by atoms with Crippen molar-refractivity contribution in [2.24, 2.45) is 7.05 Å². The Kier molecular flexibility index (Phi) is 3.16. The SMILES string of the molecule is Cn1c(Br)nn(Cc2ccc(Cl)cc2)c1=O. The van der Waals surface area contributed by atoms with Crippen LogP contribution in [0.2, 0.25) is 5.02 Å². The van der Waals surface area contributed by atoms with Crippen molar-refractivity contribution in [2.45, 2.75) is 6.54 Å². The fourth-order valence-electron chi connectivity index (χ4n) is 1.33. The predicted octanol–water partition coefficient (Wildman–Crippen LogP) is 2.05. The summed E-state index contributed by atoms with van der Waals surface area (Å²) in [6.45, 7) is 0.440. The van der Waals surface area contributed by atoms with Crippen molar-refractivity contribution >= 4 is 27.5 Å². The number of halogens is 2. The maximum atomic E-state index is 11.7. The van der Waals surface area contributed by atoms with Crippen LogP contribution in [-0.4, -0.2) is 14.3 Å². The van der Waals surface area contributed by atoms with Crippen LogP contribution in [0.15, 0.2) is 33.8 Å². The van der Waals surface area contributed by atoms with Gasteiger partial charge in [0.2, 0.25) is 4.73 Å². The van der Waals surface area contributed by atoms with Crippen LogP contribution in [0.1, 0.15) is 5.56 Å². The van der Waals surface area contributed by atoms with Gasteiger partial charge in [0.25, 0.3) is 0 Å². The van der Waals surface area contributed by atoms with Crippen molar-refractivity contribution in [3.63, 3.8) is 0 Å². The molecule has 1 aromatic carbocycles. The minimum Gasteiger partial charge on any atom is -0.273 e. The number of hydrogen-bond acceptors (Lipinski definition) is 2. The third-order valence-electron chi connectivity index (χ3n) is 2.23. The summed E-state index contributed by atoms with van der Waals surface area (Å²) in [4.78, 5) is 11.7. The molecule has 84 valence electrons. The summed E-state index contributed by atoms with van der Waals surface area (Å²) in [5.41, 5.74) is 0.832. The van der Waals surface area contributed by atoms with Crippen LogP contribution in [0.4, 0.5) is 0 Å². The Labute approximate surface area is 106 Å². The summed E-state index contributed by atoms with van der Waals surface area (Å²) in [6.07, 6.45) is 0. The highest BCUT2D eigenvalue weighted by Gasteiger charge is 2.07. The van der Waals surface area contributed by atoms with E-state index in [2.05, 4.69) is 21.0 Å². The van der Waals surface area contributed by atoms with Gasteiger partial charge >= 0.3 is 5.69 Å². The predicted molar refractivity (Wildman–Crippen MR) is 65.7 cm³/mol. The van der Waals surface area contributed by atoms with Gasteiger partial charge in [0.05, 0.1) is 6.54 Å². The van der Waals surface area contributed by atoms with E-state index < -0.39 is 0 Å². The molecule has 0 unspecified atom stereocenters. The van der Waals surface area contributed by atoms with E-state index >= 15 is 0 Å². The van der Waals surface area contributed by atoms with Gasteiger partial charge in [0, 0.05) is 12.1 Å². The molecule has 0 aliphatic carbocycles. The van der Waals surface area contributed by atoms with Crippen molar-refractivity contribution in [3.8, 4) is 0 Å². The highest BCUT2D eigenvalue weighted by molar-refractivity contribution is 9.10. The number of hydrogen-bond donors (Lipinski definition) is 0. The minimum absolute atomic E-state index is 0.151. The van der Waals surface area contributed by atoms with E-state index in [9.17, 15) is 4.79 Å². The Hall–Kier alpha value is -1.07. The quantitative estimate of drug-likeness (QED) is 0.852. The molecule has 6 heteroatoms. The summed E-state index contributed by atoms with van der Waals surface area (Å²) >= 11 is 8.98. The summed E-state index contributed by atoms with van der Waals surface area (Å²) in [5, 5.41) is 4.76. The van der Waals surface area contributed by atoms with Gasteiger partial charge in [-0.25, -0.2) is 9.48 Å². The zero-order chi connectivity index (χ0) is 11.7. The largest absolute Gasteiger partial charge is 0.346 e. The molecule has 1 aromatic heterocycles. The highest BCUT2D eigenvalue weighted by Crippen LogP contribution is 2.10. The van der Waals surface area contributed by atoms with Crippen LogP contribution in [0.3, 0.4) is 0 Å². The van der Waals surface area contributed by atoms with Gasteiger partial charge in [-0.2, -0.15) is 0 Å². The van der Waals surface area contributed by atoms with E-state index in [1.165, 1.54) is 9.25 Å². The lowest BCUT2D eigenvalue weighted by Gasteiger charge is -1.99. The van der Waals surface area contributed by atoms with Crippen molar-refractivity contribution in [3.05, 3.63) is 50.1 Å². The molecular weight excluding hydrogens is 293 g/mol.